The van der Waals surface area contributed by atoms with Crippen molar-refractivity contribution in [3.05, 3.63) is 47.8 Å². The number of aryl methyl sites for hydroxylation is 1. The van der Waals surface area contributed by atoms with Crippen molar-refractivity contribution in [1.82, 2.24) is 4.98 Å². The molecule has 0 amide bonds. The number of pyridine rings is 1. The molecule has 1 aromatic heterocycles. The summed E-state index contributed by atoms with van der Waals surface area (Å²) in [5.41, 5.74) is 1.41. The predicted octanol–water partition coefficient (Wildman–Crippen LogP) is 3.06. The molecule has 1 aromatic carbocycles. The second-order valence-electron chi connectivity index (χ2n) is 3.74. The van der Waals surface area contributed by atoms with Gasteiger partial charge < -0.3 is 9.47 Å². The molecule has 2 rings (SSSR count). The molecule has 0 fully saturated rings. The number of hydrogen-bond donors (Lipinski definition) is 0. The average molecular weight is 240 g/mol. The highest BCUT2D eigenvalue weighted by molar-refractivity contribution is 5.45. The molecule has 0 saturated carbocycles. The third-order valence-electron chi connectivity index (χ3n) is 2.39. The first-order chi connectivity index (χ1) is 8.72. The number of hydrogen-bond acceptors (Lipinski definition) is 4. The van der Waals surface area contributed by atoms with Crippen molar-refractivity contribution in [3.8, 4) is 23.3 Å². The maximum absolute atomic E-state index is 8.77. The number of nitrogens with zero attached hydrogens (tertiary/aromatic N) is 2. The van der Waals surface area contributed by atoms with E-state index in [1.54, 1.807) is 19.2 Å². The van der Waals surface area contributed by atoms with Gasteiger partial charge in [0.15, 0.2) is 11.5 Å². The third-order valence-corrected chi connectivity index (χ3v) is 2.39. The molecule has 0 aliphatic carbocycles. The van der Waals surface area contributed by atoms with Gasteiger partial charge in [0.2, 0.25) is 0 Å². The monoisotopic (exact) mass is 240 g/mol. The number of rotatable bonds is 3. The Morgan fingerprint density at radius 1 is 1.17 bits per heavy atom. The summed E-state index contributed by atoms with van der Waals surface area (Å²) in [7, 11) is 1.59. The Balaban J connectivity index is 2.31. The fourth-order valence-corrected chi connectivity index (χ4v) is 1.52. The summed E-state index contributed by atoms with van der Waals surface area (Å²) in [4.78, 5) is 3.88. The predicted molar refractivity (Wildman–Crippen MR) is 66.8 cm³/mol. The van der Waals surface area contributed by atoms with Crippen LogP contribution in [0.1, 0.15) is 11.3 Å². The van der Waals surface area contributed by atoms with E-state index in [1.807, 2.05) is 31.2 Å². The first kappa shape index (κ1) is 11.9. The van der Waals surface area contributed by atoms with Gasteiger partial charge in [0.1, 0.15) is 17.5 Å². The second kappa shape index (κ2) is 5.19. The fraction of sp³-hybridized carbons (Fsp3) is 0.143. The third kappa shape index (κ3) is 2.58. The molecule has 18 heavy (non-hydrogen) atoms. The lowest BCUT2D eigenvalue weighted by atomic mass is 10.2. The minimum absolute atomic E-state index is 0.318. The molecule has 0 spiro atoms. The molecule has 2 aromatic rings. The molecule has 90 valence electrons. The highest BCUT2D eigenvalue weighted by atomic mass is 16.5. The van der Waals surface area contributed by atoms with Crippen LogP contribution in [0.4, 0.5) is 0 Å². The van der Waals surface area contributed by atoms with Crippen LogP contribution in [0.5, 0.6) is 17.2 Å². The topological polar surface area (TPSA) is 55.1 Å². The molecule has 0 saturated heterocycles. The van der Waals surface area contributed by atoms with E-state index < -0.39 is 0 Å². The normalized spacial score (nSPS) is 9.61. The Labute approximate surface area is 105 Å². The minimum Gasteiger partial charge on any atom is -0.493 e. The largest absolute Gasteiger partial charge is 0.493 e. The summed E-state index contributed by atoms with van der Waals surface area (Å²) >= 11 is 0. The summed E-state index contributed by atoms with van der Waals surface area (Å²) in [6.45, 7) is 1.98. The lowest BCUT2D eigenvalue weighted by Gasteiger charge is -2.10. The number of nitriles is 1. The highest BCUT2D eigenvalue weighted by Crippen LogP contribution is 2.32. The maximum Gasteiger partial charge on any atom is 0.169 e. The summed E-state index contributed by atoms with van der Waals surface area (Å²) < 4.78 is 10.9. The van der Waals surface area contributed by atoms with Gasteiger partial charge in [0, 0.05) is 12.3 Å². The number of aromatic nitrogens is 1. The van der Waals surface area contributed by atoms with E-state index in [2.05, 4.69) is 4.98 Å². The molecule has 0 unspecified atom stereocenters. The number of methoxy groups -OCH3 is 1. The van der Waals surface area contributed by atoms with Crippen LogP contribution < -0.4 is 9.47 Å². The van der Waals surface area contributed by atoms with Crippen molar-refractivity contribution in [2.24, 2.45) is 0 Å². The summed E-state index contributed by atoms with van der Waals surface area (Å²) in [6, 6.07) is 10.9. The second-order valence-corrected chi connectivity index (χ2v) is 3.74. The van der Waals surface area contributed by atoms with Crippen LogP contribution >= 0.6 is 0 Å². The molecule has 0 aliphatic heterocycles. The number of benzene rings is 1. The van der Waals surface area contributed by atoms with Gasteiger partial charge in [-0.05, 0) is 30.7 Å². The lowest BCUT2D eigenvalue weighted by Crippen LogP contribution is -1.92. The van der Waals surface area contributed by atoms with Gasteiger partial charge in [0.05, 0.1) is 7.11 Å². The molecule has 4 heteroatoms. The Kier molecular flexibility index (Phi) is 3.44. The zero-order valence-electron chi connectivity index (χ0n) is 10.2. The van der Waals surface area contributed by atoms with E-state index in [0.717, 1.165) is 5.56 Å². The van der Waals surface area contributed by atoms with Crippen LogP contribution in [0.3, 0.4) is 0 Å². The number of ether oxygens (including phenoxy) is 2. The zero-order valence-corrected chi connectivity index (χ0v) is 10.2. The molecule has 4 nitrogen and oxygen atoms in total. The van der Waals surface area contributed by atoms with Gasteiger partial charge in [-0.15, -0.1) is 0 Å². The lowest BCUT2D eigenvalue weighted by molar-refractivity contribution is 0.378. The SMILES string of the molecule is COc1cc(C)ccc1Oc1ccnc(C#N)c1. The van der Waals surface area contributed by atoms with Crippen molar-refractivity contribution < 1.29 is 9.47 Å². The fourth-order valence-electron chi connectivity index (χ4n) is 1.52. The van der Waals surface area contributed by atoms with Crippen molar-refractivity contribution in [1.29, 1.82) is 5.26 Å². The van der Waals surface area contributed by atoms with E-state index in [-0.39, 0.29) is 0 Å². The van der Waals surface area contributed by atoms with Crippen LogP contribution in [0, 0.1) is 18.3 Å². The van der Waals surface area contributed by atoms with E-state index in [0.29, 0.717) is 22.9 Å². The molecular weight excluding hydrogens is 228 g/mol. The zero-order chi connectivity index (χ0) is 13.0. The van der Waals surface area contributed by atoms with Crippen LogP contribution in [-0.2, 0) is 0 Å². The Morgan fingerprint density at radius 3 is 2.72 bits per heavy atom. The molecule has 1 heterocycles. The Morgan fingerprint density at radius 2 is 2.00 bits per heavy atom. The quantitative estimate of drug-likeness (QED) is 0.827. The summed E-state index contributed by atoms with van der Waals surface area (Å²) in [5.74, 6) is 1.83. The van der Waals surface area contributed by atoms with Gasteiger partial charge >= 0.3 is 0 Å². The summed E-state index contributed by atoms with van der Waals surface area (Å²) in [5, 5.41) is 8.77. The van der Waals surface area contributed by atoms with E-state index >= 15 is 0 Å². The first-order valence-electron chi connectivity index (χ1n) is 5.41. The molecule has 0 atom stereocenters. The van der Waals surface area contributed by atoms with Gasteiger partial charge in [-0.3, -0.25) is 0 Å². The highest BCUT2D eigenvalue weighted by Gasteiger charge is 2.06. The molecule has 0 N–H and O–H groups in total. The van der Waals surface area contributed by atoms with Gasteiger partial charge in [-0.2, -0.15) is 5.26 Å². The Bertz CT molecular complexity index is 603. The molecule has 0 bridgehead atoms. The molecular formula is C14H12N2O2. The van der Waals surface area contributed by atoms with E-state index in [9.17, 15) is 0 Å². The van der Waals surface area contributed by atoms with Crippen molar-refractivity contribution in [2.75, 3.05) is 7.11 Å². The van der Waals surface area contributed by atoms with Crippen LogP contribution in [0.25, 0.3) is 0 Å². The van der Waals surface area contributed by atoms with Crippen molar-refractivity contribution >= 4 is 0 Å². The van der Waals surface area contributed by atoms with Crippen LogP contribution in [0.2, 0.25) is 0 Å². The smallest absolute Gasteiger partial charge is 0.169 e. The first-order valence-corrected chi connectivity index (χ1v) is 5.41. The average Bonchev–Trinajstić information content (AvgIpc) is 2.41. The van der Waals surface area contributed by atoms with Gasteiger partial charge in [-0.25, -0.2) is 4.98 Å². The van der Waals surface area contributed by atoms with Crippen LogP contribution in [-0.4, -0.2) is 12.1 Å². The van der Waals surface area contributed by atoms with E-state index in [4.69, 9.17) is 14.7 Å². The summed E-state index contributed by atoms with van der Waals surface area (Å²) in [6.07, 6.45) is 1.54. The minimum atomic E-state index is 0.318. The van der Waals surface area contributed by atoms with E-state index in [1.165, 1.54) is 6.20 Å². The standard InChI is InChI=1S/C14H12N2O2/c1-10-3-4-13(14(7-10)17-2)18-12-5-6-16-11(8-12)9-15/h3-8H,1-2H3. The van der Waals surface area contributed by atoms with Crippen LogP contribution in [0.15, 0.2) is 36.5 Å². The molecule has 0 aliphatic rings. The molecule has 0 radical (unpaired) electrons. The van der Waals surface area contributed by atoms with Crippen molar-refractivity contribution in [3.63, 3.8) is 0 Å². The maximum atomic E-state index is 8.77. The van der Waals surface area contributed by atoms with Gasteiger partial charge in [-0.1, -0.05) is 6.07 Å². The Hall–Kier alpha value is -2.54. The van der Waals surface area contributed by atoms with Gasteiger partial charge in [0.25, 0.3) is 0 Å². The van der Waals surface area contributed by atoms with Crippen molar-refractivity contribution in [2.45, 2.75) is 6.92 Å².